The van der Waals surface area contributed by atoms with E-state index in [4.69, 9.17) is 4.74 Å². The number of benzene rings is 2. The maximum Gasteiger partial charge on any atom is 0.307 e. The van der Waals surface area contributed by atoms with Gasteiger partial charge in [0.05, 0.1) is 19.2 Å². The Morgan fingerprint density at radius 3 is 2.73 bits per heavy atom. The van der Waals surface area contributed by atoms with Crippen LogP contribution in [-0.4, -0.2) is 23.2 Å². The lowest BCUT2D eigenvalue weighted by Crippen LogP contribution is -2.01. The van der Waals surface area contributed by atoms with Crippen molar-refractivity contribution in [2.45, 2.75) is 6.42 Å². The van der Waals surface area contributed by atoms with Gasteiger partial charge in [-0.2, -0.15) is 0 Å². The van der Waals surface area contributed by atoms with Crippen LogP contribution in [0.5, 0.6) is 5.75 Å². The summed E-state index contributed by atoms with van der Waals surface area (Å²) in [5.74, 6) is -0.743. The highest BCUT2D eigenvalue weighted by Crippen LogP contribution is 2.34. The predicted octanol–water partition coefficient (Wildman–Crippen LogP) is 3.61. The van der Waals surface area contributed by atoms with Gasteiger partial charge in [-0.05, 0) is 35.9 Å². The van der Waals surface area contributed by atoms with E-state index in [0.717, 1.165) is 10.9 Å². The number of aromatic nitrogens is 1. The van der Waals surface area contributed by atoms with E-state index >= 15 is 0 Å². The maximum absolute atomic E-state index is 14.1. The Balaban J connectivity index is 2.29. The average Bonchev–Trinajstić information content (AvgIpc) is 2.85. The van der Waals surface area contributed by atoms with Gasteiger partial charge in [-0.1, -0.05) is 12.1 Å². The number of aromatic amines is 1. The van der Waals surface area contributed by atoms with Crippen LogP contribution in [-0.2, 0) is 11.2 Å². The first-order valence-corrected chi connectivity index (χ1v) is 6.75. The monoisotopic (exact) mass is 299 g/mol. The number of methoxy groups -OCH3 is 1. The highest BCUT2D eigenvalue weighted by Gasteiger charge is 2.18. The molecule has 0 saturated carbocycles. The molecule has 0 aliphatic rings. The van der Waals surface area contributed by atoms with Gasteiger partial charge in [0.1, 0.15) is 11.6 Å². The standard InChI is InChI=1S/C17H14FNO3/c1-22-10-6-7-15-12(8-10)13(9-16(20)21)17(19-15)11-4-2-3-5-14(11)18/h2-8,19H,9H2,1H3,(H,20,21). The number of carboxylic acid groups (broad SMARTS) is 1. The van der Waals surface area contributed by atoms with Crippen molar-refractivity contribution in [1.82, 2.24) is 4.98 Å². The molecular formula is C17H14FNO3. The van der Waals surface area contributed by atoms with Crippen LogP contribution >= 0.6 is 0 Å². The van der Waals surface area contributed by atoms with Crippen molar-refractivity contribution >= 4 is 16.9 Å². The molecule has 22 heavy (non-hydrogen) atoms. The van der Waals surface area contributed by atoms with E-state index in [2.05, 4.69) is 4.98 Å². The minimum Gasteiger partial charge on any atom is -0.497 e. The molecule has 0 atom stereocenters. The van der Waals surface area contributed by atoms with E-state index < -0.39 is 11.8 Å². The summed E-state index contributed by atoms with van der Waals surface area (Å²) in [6, 6.07) is 11.6. The number of rotatable bonds is 4. The summed E-state index contributed by atoms with van der Waals surface area (Å²) >= 11 is 0. The Hall–Kier alpha value is -2.82. The molecule has 1 heterocycles. The third-order valence-electron chi connectivity index (χ3n) is 3.58. The Labute approximate surface area is 126 Å². The van der Waals surface area contributed by atoms with Gasteiger partial charge in [0.2, 0.25) is 0 Å². The van der Waals surface area contributed by atoms with Crippen molar-refractivity contribution < 1.29 is 19.0 Å². The zero-order chi connectivity index (χ0) is 15.7. The second kappa shape index (κ2) is 5.52. The number of carbonyl (C=O) groups is 1. The first-order chi connectivity index (χ1) is 10.6. The fourth-order valence-electron chi connectivity index (χ4n) is 2.58. The van der Waals surface area contributed by atoms with Gasteiger partial charge in [-0.25, -0.2) is 4.39 Å². The van der Waals surface area contributed by atoms with Gasteiger partial charge in [0, 0.05) is 16.5 Å². The van der Waals surface area contributed by atoms with E-state index in [1.807, 2.05) is 0 Å². The molecule has 3 aromatic rings. The fraction of sp³-hybridized carbons (Fsp3) is 0.118. The molecule has 5 heteroatoms. The lowest BCUT2D eigenvalue weighted by molar-refractivity contribution is -0.136. The fourth-order valence-corrected chi connectivity index (χ4v) is 2.58. The van der Waals surface area contributed by atoms with Gasteiger partial charge >= 0.3 is 5.97 Å². The number of ether oxygens (including phenoxy) is 1. The molecule has 0 amide bonds. The number of H-pyrrole nitrogens is 1. The van der Waals surface area contributed by atoms with Crippen LogP contribution in [0.2, 0.25) is 0 Å². The summed E-state index contributed by atoms with van der Waals surface area (Å²) in [6.07, 6.45) is -0.198. The molecule has 0 spiro atoms. The molecule has 0 unspecified atom stereocenters. The molecule has 3 rings (SSSR count). The van der Waals surface area contributed by atoms with Crippen LogP contribution in [0.1, 0.15) is 5.56 Å². The second-order valence-electron chi connectivity index (χ2n) is 4.94. The molecule has 112 valence electrons. The molecule has 0 saturated heterocycles. The van der Waals surface area contributed by atoms with Crippen LogP contribution in [0.25, 0.3) is 22.2 Å². The second-order valence-corrected chi connectivity index (χ2v) is 4.94. The van der Waals surface area contributed by atoms with Crippen LogP contribution in [0.3, 0.4) is 0 Å². The van der Waals surface area contributed by atoms with Crippen LogP contribution in [0.15, 0.2) is 42.5 Å². The van der Waals surface area contributed by atoms with E-state index in [9.17, 15) is 14.3 Å². The number of halogens is 1. The van der Waals surface area contributed by atoms with Crippen molar-refractivity contribution in [2.75, 3.05) is 7.11 Å². The van der Waals surface area contributed by atoms with Gasteiger partial charge in [0.15, 0.2) is 0 Å². The van der Waals surface area contributed by atoms with E-state index in [1.165, 1.54) is 6.07 Å². The lowest BCUT2D eigenvalue weighted by Gasteiger charge is -2.04. The zero-order valence-electron chi connectivity index (χ0n) is 11.9. The topological polar surface area (TPSA) is 62.3 Å². The molecule has 2 N–H and O–H groups in total. The molecule has 0 aliphatic heterocycles. The molecule has 1 aromatic heterocycles. The number of carboxylic acids is 1. The molecular weight excluding hydrogens is 285 g/mol. The number of nitrogens with one attached hydrogen (secondary N) is 1. The quantitative estimate of drug-likeness (QED) is 0.773. The summed E-state index contributed by atoms with van der Waals surface area (Å²) in [5.41, 5.74) is 2.14. The van der Waals surface area contributed by atoms with E-state index in [1.54, 1.807) is 43.5 Å². The summed E-state index contributed by atoms with van der Waals surface area (Å²) in [7, 11) is 1.54. The largest absolute Gasteiger partial charge is 0.497 e. The van der Waals surface area contributed by atoms with E-state index in [0.29, 0.717) is 22.6 Å². The SMILES string of the molecule is COc1ccc2[nH]c(-c3ccccc3F)c(CC(=O)O)c2c1. The number of aliphatic carboxylic acids is 1. The van der Waals surface area contributed by atoms with Gasteiger partial charge in [-0.15, -0.1) is 0 Å². The summed E-state index contributed by atoms with van der Waals surface area (Å²) < 4.78 is 19.3. The van der Waals surface area contributed by atoms with Crippen molar-refractivity contribution in [3.05, 3.63) is 53.8 Å². The van der Waals surface area contributed by atoms with Gasteiger partial charge in [0.25, 0.3) is 0 Å². The number of fused-ring (bicyclic) bond motifs is 1. The molecule has 2 aromatic carbocycles. The summed E-state index contributed by atoms with van der Waals surface area (Å²) in [6.45, 7) is 0. The molecule has 0 aliphatic carbocycles. The summed E-state index contributed by atoms with van der Waals surface area (Å²) in [5, 5.41) is 9.90. The van der Waals surface area contributed by atoms with Gasteiger partial charge < -0.3 is 14.8 Å². The third-order valence-corrected chi connectivity index (χ3v) is 3.58. The molecule has 4 nitrogen and oxygen atoms in total. The Morgan fingerprint density at radius 1 is 1.27 bits per heavy atom. The van der Waals surface area contributed by atoms with Crippen LogP contribution in [0.4, 0.5) is 4.39 Å². The minimum atomic E-state index is -0.971. The average molecular weight is 299 g/mol. The Bertz CT molecular complexity index is 854. The van der Waals surface area contributed by atoms with Crippen molar-refractivity contribution in [2.24, 2.45) is 0 Å². The summed E-state index contributed by atoms with van der Waals surface area (Å²) in [4.78, 5) is 14.3. The first-order valence-electron chi connectivity index (χ1n) is 6.75. The van der Waals surface area contributed by atoms with Gasteiger partial charge in [-0.3, -0.25) is 4.79 Å². The molecule has 0 bridgehead atoms. The van der Waals surface area contributed by atoms with Crippen molar-refractivity contribution in [3.63, 3.8) is 0 Å². The Morgan fingerprint density at radius 2 is 2.05 bits per heavy atom. The molecule has 0 fully saturated rings. The lowest BCUT2D eigenvalue weighted by atomic mass is 10.0. The normalized spacial score (nSPS) is 10.8. The highest BCUT2D eigenvalue weighted by molar-refractivity contribution is 5.94. The predicted molar refractivity (Wildman–Crippen MR) is 81.6 cm³/mol. The maximum atomic E-state index is 14.1. The highest BCUT2D eigenvalue weighted by atomic mass is 19.1. The number of hydrogen-bond acceptors (Lipinski definition) is 2. The van der Waals surface area contributed by atoms with Crippen LogP contribution in [0, 0.1) is 5.82 Å². The Kier molecular flexibility index (Phi) is 3.55. The zero-order valence-corrected chi connectivity index (χ0v) is 11.9. The molecule has 0 radical (unpaired) electrons. The van der Waals surface area contributed by atoms with Crippen LogP contribution < -0.4 is 4.74 Å². The minimum absolute atomic E-state index is 0.198. The number of hydrogen-bond donors (Lipinski definition) is 2. The van der Waals surface area contributed by atoms with E-state index in [-0.39, 0.29) is 6.42 Å². The first kappa shape index (κ1) is 14.1. The third kappa shape index (κ3) is 2.41. The van der Waals surface area contributed by atoms with Crippen molar-refractivity contribution in [1.29, 1.82) is 0 Å². The van der Waals surface area contributed by atoms with Crippen molar-refractivity contribution in [3.8, 4) is 17.0 Å². The smallest absolute Gasteiger partial charge is 0.307 e.